The molecule has 0 aliphatic heterocycles. The summed E-state index contributed by atoms with van der Waals surface area (Å²) in [7, 11) is 0. The van der Waals surface area contributed by atoms with Gasteiger partial charge in [0.1, 0.15) is 0 Å². The molecule has 1 atom stereocenters. The quantitative estimate of drug-likeness (QED) is 0.646. The molecule has 1 aromatic rings. The standard InChI is InChI=1S/C10H11F3N2O3/c1-6(16)5-14-9-3-2-7(15(17)18)4-8(9)10(11,12)13/h2-4,6,14,16H,5H2,1H3/t6-/m1/s1. The number of anilines is 1. The van der Waals surface area contributed by atoms with Gasteiger partial charge in [-0.1, -0.05) is 0 Å². The van der Waals surface area contributed by atoms with Crippen LogP contribution >= 0.6 is 0 Å². The number of nitrogens with zero attached hydrogens (tertiary/aromatic N) is 1. The van der Waals surface area contributed by atoms with E-state index in [0.29, 0.717) is 6.07 Å². The maximum atomic E-state index is 12.7. The Morgan fingerprint density at radius 2 is 2.11 bits per heavy atom. The predicted octanol–water partition coefficient (Wildman–Crippen LogP) is 2.41. The number of aliphatic hydroxyl groups is 1. The van der Waals surface area contributed by atoms with Crippen molar-refractivity contribution in [3.8, 4) is 0 Å². The zero-order chi connectivity index (χ0) is 13.9. The largest absolute Gasteiger partial charge is 0.418 e. The van der Waals surface area contributed by atoms with Crippen LogP contribution < -0.4 is 5.32 Å². The molecule has 1 aromatic carbocycles. The summed E-state index contributed by atoms with van der Waals surface area (Å²) in [6, 6.07) is 2.41. The van der Waals surface area contributed by atoms with Crippen LogP contribution in [0.5, 0.6) is 0 Å². The Bertz CT molecular complexity index is 446. The van der Waals surface area contributed by atoms with Gasteiger partial charge in [-0.2, -0.15) is 13.2 Å². The van der Waals surface area contributed by atoms with Gasteiger partial charge in [0.25, 0.3) is 5.69 Å². The molecule has 18 heavy (non-hydrogen) atoms. The van der Waals surface area contributed by atoms with E-state index < -0.39 is 28.5 Å². The van der Waals surface area contributed by atoms with Gasteiger partial charge in [0.15, 0.2) is 0 Å². The van der Waals surface area contributed by atoms with E-state index >= 15 is 0 Å². The molecular weight excluding hydrogens is 253 g/mol. The van der Waals surface area contributed by atoms with Crippen LogP contribution in [0.25, 0.3) is 0 Å². The molecule has 0 bridgehead atoms. The van der Waals surface area contributed by atoms with E-state index in [1.54, 1.807) is 0 Å². The van der Waals surface area contributed by atoms with Gasteiger partial charge in [-0.15, -0.1) is 0 Å². The fourth-order valence-electron chi connectivity index (χ4n) is 1.29. The highest BCUT2D eigenvalue weighted by atomic mass is 19.4. The monoisotopic (exact) mass is 264 g/mol. The molecule has 0 aliphatic rings. The fraction of sp³-hybridized carbons (Fsp3) is 0.400. The number of nitro benzene ring substituents is 1. The van der Waals surface area contributed by atoms with Gasteiger partial charge in [-0.05, 0) is 13.0 Å². The highest BCUT2D eigenvalue weighted by molar-refractivity contribution is 5.57. The van der Waals surface area contributed by atoms with Gasteiger partial charge >= 0.3 is 6.18 Å². The maximum Gasteiger partial charge on any atom is 0.418 e. The molecule has 100 valence electrons. The molecule has 5 nitrogen and oxygen atoms in total. The number of nitro groups is 1. The lowest BCUT2D eigenvalue weighted by Crippen LogP contribution is -2.18. The van der Waals surface area contributed by atoms with Crippen molar-refractivity contribution in [1.29, 1.82) is 0 Å². The lowest BCUT2D eigenvalue weighted by molar-refractivity contribution is -0.385. The first-order valence-corrected chi connectivity index (χ1v) is 4.99. The summed E-state index contributed by atoms with van der Waals surface area (Å²) in [4.78, 5) is 9.54. The van der Waals surface area contributed by atoms with Gasteiger partial charge in [0.05, 0.1) is 16.6 Å². The SMILES string of the molecule is C[C@@H](O)CNc1ccc([N+](=O)[O-])cc1C(F)(F)F. The van der Waals surface area contributed by atoms with Crippen molar-refractivity contribution in [2.24, 2.45) is 0 Å². The lowest BCUT2D eigenvalue weighted by atomic mass is 10.1. The number of benzene rings is 1. The van der Waals surface area contributed by atoms with E-state index in [9.17, 15) is 23.3 Å². The zero-order valence-corrected chi connectivity index (χ0v) is 9.36. The minimum absolute atomic E-state index is 0.0824. The van der Waals surface area contributed by atoms with Crippen molar-refractivity contribution >= 4 is 11.4 Å². The highest BCUT2D eigenvalue weighted by Crippen LogP contribution is 2.36. The van der Waals surface area contributed by atoms with Crippen molar-refractivity contribution in [2.45, 2.75) is 19.2 Å². The third kappa shape index (κ3) is 3.59. The summed E-state index contributed by atoms with van der Waals surface area (Å²) in [5.41, 5.74) is -2.06. The van der Waals surface area contributed by atoms with E-state index in [1.807, 2.05) is 0 Å². The van der Waals surface area contributed by atoms with Gasteiger partial charge in [-0.3, -0.25) is 10.1 Å². The van der Waals surface area contributed by atoms with Crippen LogP contribution in [0.15, 0.2) is 18.2 Å². The molecule has 0 fully saturated rings. The number of hydrogen-bond acceptors (Lipinski definition) is 4. The van der Waals surface area contributed by atoms with Crippen molar-refractivity contribution in [1.82, 2.24) is 0 Å². The summed E-state index contributed by atoms with van der Waals surface area (Å²) in [6.07, 6.45) is -5.53. The third-order valence-electron chi connectivity index (χ3n) is 2.11. The van der Waals surface area contributed by atoms with Gasteiger partial charge < -0.3 is 10.4 Å². The summed E-state index contributed by atoms with van der Waals surface area (Å²) in [5.74, 6) is 0. The number of hydrogen-bond donors (Lipinski definition) is 2. The highest BCUT2D eigenvalue weighted by Gasteiger charge is 2.35. The molecule has 0 unspecified atom stereocenters. The molecule has 8 heteroatoms. The first-order valence-electron chi connectivity index (χ1n) is 4.99. The van der Waals surface area contributed by atoms with E-state index in [0.717, 1.165) is 12.1 Å². The minimum atomic E-state index is -4.70. The van der Waals surface area contributed by atoms with E-state index in [-0.39, 0.29) is 12.2 Å². The van der Waals surface area contributed by atoms with E-state index in [2.05, 4.69) is 5.32 Å². The van der Waals surface area contributed by atoms with Gasteiger partial charge in [0.2, 0.25) is 0 Å². The lowest BCUT2D eigenvalue weighted by Gasteiger charge is -2.15. The molecule has 0 radical (unpaired) electrons. The number of rotatable bonds is 4. The number of non-ortho nitro benzene ring substituents is 1. The maximum absolute atomic E-state index is 12.7. The molecule has 0 aliphatic carbocycles. The second-order valence-electron chi connectivity index (χ2n) is 3.71. The minimum Gasteiger partial charge on any atom is -0.392 e. The zero-order valence-electron chi connectivity index (χ0n) is 9.36. The molecule has 0 saturated heterocycles. The number of aliphatic hydroxyl groups excluding tert-OH is 1. The topological polar surface area (TPSA) is 75.4 Å². The van der Waals surface area contributed by atoms with Crippen molar-refractivity contribution in [3.05, 3.63) is 33.9 Å². The molecule has 2 N–H and O–H groups in total. The van der Waals surface area contributed by atoms with E-state index in [1.165, 1.54) is 6.92 Å². The van der Waals surface area contributed by atoms with Crippen molar-refractivity contribution in [2.75, 3.05) is 11.9 Å². The Morgan fingerprint density at radius 1 is 1.50 bits per heavy atom. The fourth-order valence-corrected chi connectivity index (χ4v) is 1.29. The Kier molecular flexibility index (Phi) is 4.12. The molecule has 0 aromatic heterocycles. The second-order valence-corrected chi connectivity index (χ2v) is 3.71. The molecular formula is C10H11F3N2O3. The smallest absolute Gasteiger partial charge is 0.392 e. The van der Waals surface area contributed by atoms with Gasteiger partial charge in [0, 0.05) is 24.4 Å². The first kappa shape index (κ1) is 14.2. The summed E-state index contributed by atoms with van der Waals surface area (Å²) >= 11 is 0. The summed E-state index contributed by atoms with van der Waals surface area (Å²) < 4.78 is 38.1. The molecule has 0 saturated carbocycles. The van der Waals surface area contributed by atoms with Gasteiger partial charge in [-0.25, -0.2) is 0 Å². The molecule has 1 rings (SSSR count). The average Bonchev–Trinajstić information content (AvgIpc) is 2.24. The number of alkyl halides is 3. The number of nitrogens with one attached hydrogen (secondary N) is 1. The van der Waals surface area contributed by atoms with Crippen LogP contribution in [0.2, 0.25) is 0 Å². The van der Waals surface area contributed by atoms with Crippen LogP contribution in [-0.4, -0.2) is 22.7 Å². The van der Waals surface area contributed by atoms with E-state index in [4.69, 9.17) is 5.11 Å². The Balaban J connectivity index is 3.13. The summed E-state index contributed by atoms with van der Waals surface area (Å²) in [6.45, 7) is 1.33. The second kappa shape index (κ2) is 5.21. The Morgan fingerprint density at radius 3 is 2.56 bits per heavy atom. The van der Waals surface area contributed by atoms with Crippen molar-refractivity contribution < 1.29 is 23.2 Å². The normalized spacial score (nSPS) is 13.2. The molecule has 0 spiro atoms. The molecule has 0 amide bonds. The Hall–Kier alpha value is -1.83. The predicted molar refractivity (Wildman–Crippen MR) is 58.3 cm³/mol. The molecule has 0 heterocycles. The summed E-state index contributed by atoms with van der Waals surface area (Å²) in [5, 5.41) is 21.8. The average molecular weight is 264 g/mol. The van der Waals surface area contributed by atoms with Crippen LogP contribution in [0.4, 0.5) is 24.5 Å². The first-order chi connectivity index (χ1) is 8.21. The van der Waals surface area contributed by atoms with Crippen LogP contribution in [0, 0.1) is 10.1 Å². The van der Waals surface area contributed by atoms with Crippen LogP contribution in [-0.2, 0) is 6.18 Å². The third-order valence-corrected chi connectivity index (χ3v) is 2.11. The van der Waals surface area contributed by atoms with Crippen LogP contribution in [0.1, 0.15) is 12.5 Å². The number of halogens is 3. The Labute approximate surface area is 100 Å². The van der Waals surface area contributed by atoms with Crippen LogP contribution in [0.3, 0.4) is 0 Å². The van der Waals surface area contributed by atoms with Crippen molar-refractivity contribution in [3.63, 3.8) is 0 Å².